The second-order valence-corrected chi connectivity index (χ2v) is 2.51. The maximum atomic E-state index is 4.05. The van der Waals surface area contributed by atoms with E-state index in [1.165, 1.54) is 0 Å². The standard InChI is InChI=1S/C6H12N2/c1-5(2)6-3-7-4-8-6/h4-6H,3H2,1-2H3,(H,7,8)/t6-/m1/s1. The highest BCUT2D eigenvalue weighted by atomic mass is 15.1. The molecule has 0 unspecified atom stereocenters. The Labute approximate surface area is 50.0 Å². The molecular formula is C6H12N2. The summed E-state index contributed by atoms with van der Waals surface area (Å²) < 4.78 is 0. The SMILES string of the molecule is CC(C)[C@H]1CN=CN1. The number of nitrogens with zero attached hydrogens (tertiary/aromatic N) is 1. The first-order valence-electron chi connectivity index (χ1n) is 3.05. The molecule has 0 aromatic rings. The lowest BCUT2D eigenvalue weighted by Gasteiger charge is -2.12. The largest absolute Gasteiger partial charge is 0.372 e. The van der Waals surface area contributed by atoms with Crippen LogP contribution < -0.4 is 5.32 Å². The second kappa shape index (κ2) is 2.16. The van der Waals surface area contributed by atoms with Crippen molar-refractivity contribution in [3.05, 3.63) is 0 Å². The molecule has 1 heterocycles. The average Bonchev–Trinajstić information content (AvgIpc) is 2.12. The van der Waals surface area contributed by atoms with E-state index >= 15 is 0 Å². The maximum Gasteiger partial charge on any atom is 0.0827 e. The molecule has 0 aromatic heterocycles. The summed E-state index contributed by atoms with van der Waals surface area (Å²) in [5.41, 5.74) is 0. The van der Waals surface area contributed by atoms with E-state index in [1.807, 2.05) is 0 Å². The molecule has 0 radical (unpaired) electrons. The lowest BCUT2D eigenvalue weighted by Crippen LogP contribution is -2.29. The molecule has 46 valence electrons. The van der Waals surface area contributed by atoms with Gasteiger partial charge in [0.1, 0.15) is 0 Å². The van der Waals surface area contributed by atoms with Gasteiger partial charge in [-0.3, -0.25) is 4.99 Å². The lowest BCUT2D eigenvalue weighted by atomic mass is 10.1. The molecular weight excluding hydrogens is 100 g/mol. The van der Waals surface area contributed by atoms with E-state index in [-0.39, 0.29) is 0 Å². The highest BCUT2D eigenvalue weighted by Crippen LogP contribution is 2.03. The summed E-state index contributed by atoms with van der Waals surface area (Å²) in [6, 6.07) is 0.593. The summed E-state index contributed by atoms with van der Waals surface area (Å²) in [6.45, 7) is 5.36. The van der Waals surface area contributed by atoms with Gasteiger partial charge in [0.05, 0.1) is 12.9 Å². The third-order valence-electron chi connectivity index (χ3n) is 1.49. The van der Waals surface area contributed by atoms with Crippen molar-refractivity contribution < 1.29 is 0 Å². The Balaban J connectivity index is 2.29. The molecule has 1 rings (SSSR count). The van der Waals surface area contributed by atoms with Gasteiger partial charge in [0.25, 0.3) is 0 Å². The average molecular weight is 112 g/mol. The summed E-state index contributed by atoms with van der Waals surface area (Å²) in [6.07, 6.45) is 1.80. The van der Waals surface area contributed by atoms with Crippen LogP contribution in [0.15, 0.2) is 4.99 Å². The van der Waals surface area contributed by atoms with Gasteiger partial charge in [0.2, 0.25) is 0 Å². The van der Waals surface area contributed by atoms with Crippen LogP contribution in [0.3, 0.4) is 0 Å². The molecule has 0 saturated heterocycles. The molecule has 0 bridgehead atoms. The lowest BCUT2D eigenvalue weighted by molar-refractivity contribution is 0.485. The van der Waals surface area contributed by atoms with Gasteiger partial charge in [0.15, 0.2) is 0 Å². The maximum absolute atomic E-state index is 4.05. The highest BCUT2D eigenvalue weighted by Gasteiger charge is 2.12. The van der Waals surface area contributed by atoms with Crippen LogP contribution in [0.25, 0.3) is 0 Å². The number of hydrogen-bond donors (Lipinski definition) is 1. The summed E-state index contributed by atoms with van der Waals surface area (Å²) in [5.74, 6) is 0.706. The van der Waals surface area contributed by atoms with Crippen LogP contribution in [0.4, 0.5) is 0 Å². The summed E-state index contributed by atoms with van der Waals surface area (Å²) >= 11 is 0. The Hall–Kier alpha value is -0.530. The van der Waals surface area contributed by atoms with Gasteiger partial charge < -0.3 is 5.32 Å². The first-order valence-corrected chi connectivity index (χ1v) is 3.05. The van der Waals surface area contributed by atoms with E-state index in [4.69, 9.17) is 0 Å². The predicted molar refractivity (Wildman–Crippen MR) is 35.1 cm³/mol. The monoisotopic (exact) mass is 112 g/mol. The van der Waals surface area contributed by atoms with Crippen molar-refractivity contribution in [2.75, 3.05) is 6.54 Å². The Kier molecular flexibility index (Phi) is 1.51. The van der Waals surface area contributed by atoms with E-state index in [9.17, 15) is 0 Å². The molecule has 1 aliphatic rings. The predicted octanol–water partition coefficient (Wildman–Crippen LogP) is 0.643. The van der Waals surface area contributed by atoms with Gasteiger partial charge in [-0.05, 0) is 5.92 Å². The van der Waals surface area contributed by atoms with E-state index in [2.05, 4.69) is 24.2 Å². The topological polar surface area (TPSA) is 24.4 Å². The Bertz CT molecular complexity index is 88.7. The Morgan fingerprint density at radius 2 is 2.50 bits per heavy atom. The van der Waals surface area contributed by atoms with Crippen LogP contribution in [0.1, 0.15) is 13.8 Å². The minimum atomic E-state index is 0.593. The minimum Gasteiger partial charge on any atom is -0.372 e. The highest BCUT2D eigenvalue weighted by molar-refractivity contribution is 5.57. The molecule has 0 fully saturated rings. The van der Waals surface area contributed by atoms with Crippen LogP contribution in [-0.2, 0) is 0 Å². The van der Waals surface area contributed by atoms with Gasteiger partial charge in [-0.15, -0.1) is 0 Å². The third-order valence-corrected chi connectivity index (χ3v) is 1.49. The van der Waals surface area contributed by atoms with Gasteiger partial charge >= 0.3 is 0 Å². The van der Waals surface area contributed by atoms with Crippen molar-refractivity contribution in [1.29, 1.82) is 0 Å². The second-order valence-electron chi connectivity index (χ2n) is 2.51. The van der Waals surface area contributed by atoms with Crippen molar-refractivity contribution in [3.63, 3.8) is 0 Å². The molecule has 1 atom stereocenters. The third kappa shape index (κ3) is 0.997. The molecule has 0 amide bonds. The molecule has 8 heavy (non-hydrogen) atoms. The number of hydrogen-bond acceptors (Lipinski definition) is 2. The van der Waals surface area contributed by atoms with Gasteiger partial charge in [0, 0.05) is 6.04 Å². The van der Waals surface area contributed by atoms with Crippen molar-refractivity contribution in [2.45, 2.75) is 19.9 Å². The number of aliphatic imine (C=N–C) groups is 1. The van der Waals surface area contributed by atoms with Crippen LogP contribution in [-0.4, -0.2) is 18.9 Å². The van der Waals surface area contributed by atoms with Crippen molar-refractivity contribution in [1.82, 2.24) is 5.32 Å². The van der Waals surface area contributed by atoms with Gasteiger partial charge in [-0.2, -0.15) is 0 Å². The molecule has 2 nitrogen and oxygen atoms in total. The Morgan fingerprint density at radius 1 is 1.75 bits per heavy atom. The first kappa shape index (κ1) is 5.60. The molecule has 1 aliphatic heterocycles. The molecule has 0 aromatic carbocycles. The van der Waals surface area contributed by atoms with E-state index < -0.39 is 0 Å². The minimum absolute atomic E-state index is 0.593. The molecule has 0 aliphatic carbocycles. The first-order chi connectivity index (χ1) is 3.80. The Morgan fingerprint density at radius 3 is 2.75 bits per heavy atom. The van der Waals surface area contributed by atoms with Crippen LogP contribution in [0, 0.1) is 5.92 Å². The fourth-order valence-electron chi connectivity index (χ4n) is 0.771. The molecule has 0 spiro atoms. The zero-order chi connectivity index (χ0) is 5.98. The van der Waals surface area contributed by atoms with Crippen LogP contribution in [0.2, 0.25) is 0 Å². The zero-order valence-corrected chi connectivity index (χ0v) is 5.39. The summed E-state index contributed by atoms with van der Waals surface area (Å²) in [4.78, 5) is 4.05. The van der Waals surface area contributed by atoms with E-state index in [1.54, 1.807) is 6.34 Å². The summed E-state index contributed by atoms with van der Waals surface area (Å²) in [5, 5.41) is 3.16. The fraction of sp³-hybridized carbons (Fsp3) is 0.833. The van der Waals surface area contributed by atoms with Crippen molar-refractivity contribution in [3.8, 4) is 0 Å². The van der Waals surface area contributed by atoms with Crippen LogP contribution >= 0.6 is 0 Å². The van der Waals surface area contributed by atoms with E-state index in [0.717, 1.165) is 6.54 Å². The number of nitrogens with one attached hydrogen (secondary N) is 1. The fourth-order valence-corrected chi connectivity index (χ4v) is 0.771. The van der Waals surface area contributed by atoms with Gasteiger partial charge in [-0.25, -0.2) is 0 Å². The summed E-state index contributed by atoms with van der Waals surface area (Å²) in [7, 11) is 0. The van der Waals surface area contributed by atoms with Gasteiger partial charge in [-0.1, -0.05) is 13.8 Å². The van der Waals surface area contributed by atoms with Crippen molar-refractivity contribution >= 4 is 6.34 Å². The quantitative estimate of drug-likeness (QED) is 0.529. The zero-order valence-electron chi connectivity index (χ0n) is 5.39. The smallest absolute Gasteiger partial charge is 0.0827 e. The number of rotatable bonds is 1. The van der Waals surface area contributed by atoms with E-state index in [0.29, 0.717) is 12.0 Å². The van der Waals surface area contributed by atoms with Crippen LogP contribution in [0.5, 0.6) is 0 Å². The molecule has 2 heteroatoms. The van der Waals surface area contributed by atoms with Crippen molar-refractivity contribution in [2.24, 2.45) is 10.9 Å². The molecule has 0 saturated carbocycles. The normalized spacial score (nSPS) is 26.6. The molecule has 1 N–H and O–H groups in total.